The Morgan fingerprint density at radius 2 is 2.22 bits per heavy atom. The van der Waals surface area contributed by atoms with Gasteiger partial charge in [-0.3, -0.25) is 9.88 Å². The Morgan fingerprint density at radius 3 is 2.96 bits per heavy atom. The fourth-order valence-electron chi connectivity index (χ4n) is 3.58. The van der Waals surface area contributed by atoms with Gasteiger partial charge >= 0.3 is 0 Å². The molecule has 2 aliphatic heterocycles. The largest absolute Gasteiger partial charge is 0.486 e. The molecule has 0 radical (unpaired) electrons. The van der Waals surface area contributed by atoms with Gasteiger partial charge in [0.1, 0.15) is 11.9 Å². The molecule has 5 heteroatoms. The van der Waals surface area contributed by atoms with E-state index in [2.05, 4.69) is 27.4 Å². The second kappa shape index (κ2) is 6.59. The number of thiophene rings is 1. The first kappa shape index (κ1) is 15.1. The summed E-state index contributed by atoms with van der Waals surface area (Å²) in [5.74, 6) is 0.841. The molecule has 0 saturated carbocycles. The molecule has 0 aromatic carbocycles. The van der Waals surface area contributed by atoms with Crippen LogP contribution in [0.15, 0.2) is 42.0 Å². The van der Waals surface area contributed by atoms with Gasteiger partial charge in [-0.05, 0) is 36.4 Å². The van der Waals surface area contributed by atoms with E-state index in [1.807, 2.05) is 23.5 Å². The Hall–Kier alpha value is -1.43. The Labute approximate surface area is 141 Å². The van der Waals surface area contributed by atoms with Gasteiger partial charge < -0.3 is 9.47 Å². The fourth-order valence-corrected chi connectivity index (χ4v) is 4.32. The second-order valence-electron chi connectivity index (χ2n) is 6.48. The Morgan fingerprint density at radius 1 is 1.30 bits per heavy atom. The molecule has 0 bridgehead atoms. The van der Waals surface area contributed by atoms with Crippen molar-refractivity contribution in [3.8, 4) is 5.75 Å². The average molecular weight is 330 g/mol. The molecule has 4 nitrogen and oxygen atoms in total. The topological polar surface area (TPSA) is 34.6 Å². The minimum absolute atomic E-state index is 0.0266. The van der Waals surface area contributed by atoms with Crippen LogP contribution in [0.25, 0.3) is 0 Å². The van der Waals surface area contributed by atoms with E-state index in [1.165, 1.54) is 4.88 Å². The van der Waals surface area contributed by atoms with Crippen molar-refractivity contribution in [3.63, 3.8) is 0 Å². The Bertz CT molecular complexity index is 609. The SMILES string of the molecule is c1cncc(OC2COC3(CCN(Cc4cccs4)CC3)C2)c1. The predicted molar refractivity (Wildman–Crippen MR) is 90.8 cm³/mol. The van der Waals surface area contributed by atoms with Crippen LogP contribution < -0.4 is 4.74 Å². The molecule has 0 aliphatic carbocycles. The average Bonchev–Trinajstić information content (AvgIpc) is 3.22. The van der Waals surface area contributed by atoms with E-state index >= 15 is 0 Å². The second-order valence-corrected chi connectivity index (χ2v) is 7.51. The zero-order valence-electron chi connectivity index (χ0n) is 13.2. The van der Waals surface area contributed by atoms with Crippen molar-refractivity contribution in [2.75, 3.05) is 19.7 Å². The van der Waals surface area contributed by atoms with Gasteiger partial charge in [0.25, 0.3) is 0 Å². The summed E-state index contributed by atoms with van der Waals surface area (Å²) in [4.78, 5) is 8.09. The lowest BCUT2D eigenvalue weighted by Gasteiger charge is -2.38. The summed E-state index contributed by atoms with van der Waals surface area (Å²) in [6.45, 7) is 3.98. The number of aromatic nitrogens is 1. The molecule has 4 heterocycles. The maximum Gasteiger partial charge on any atom is 0.138 e. The standard InChI is InChI=1S/C18H22N2O2S/c1-3-15(12-19-7-1)22-16-11-18(21-14-16)5-8-20(9-6-18)13-17-4-2-10-23-17/h1-4,7,10,12,16H,5-6,8-9,11,13-14H2. The van der Waals surface area contributed by atoms with E-state index in [9.17, 15) is 0 Å². The fraction of sp³-hybridized carbons (Fsp3) is 0.500. The molecular weight excluding hydrogens is 308 g/mol. The van der Waals surface area contributed by atoms with Crippen molar-refractivity contribution in [2.45, 2.75) is 37.5 Å². The molecular formula is C18H22N2O2S. The van der Waals surface area contributed by atoms with E-state index in [0.717, 1.165) is 44.6 Å². The number of hydrogen-bond donors (Lipinski definition) is 0. The number of ether oxygens (including phenoxy) is 2. The van der Waals surface area contributed by atoms with Gasteiger partial charge in [-0.2, -0.15) is 0 Å². The van der Waals surface area contributed by atoms with E-state index in [4.69, 9.17) is 9.47 Å². The number of pyridine rings is 1. The van der Waals surface area contributed by atoms with Crippen LogP contribution in [0.3, 0.4) is 0 Å². The van der Waals surface area contributed by atoms with Gasteiger partial charge in [0, 0.05) is 37.1 Å². The number of likely N-dealkylation sites (tertiary alicyclic amines) is 1. The first-order valence-corrected chi connectivity index (χ1v) is 9.15. The number of rotatable bonds is 4. The van der Waals surface area contributed by atoms with Crippen LogP contribution in [0.5, 0.6) is 5.75 Å². The Kier molecular flexibility index (Phi) is 4.33. The van der Waals surface area contributed by atoms with Crippen LogP contribution >= 0.6 is 11.3 Å². The zero-order chi connectivity index (χ0) is 15.5. The first-order valence-electron chi connectivity index (χ1n) is 8.27. The van der Waals surface area contributed by atoms with Gasteiger partial charge in [0.15, 0.2) is 0 Å². The van der Waals surface area contributed by atoms with Gasteiger partial charge in [-0.15, -0.1) is 11.3 Å². The number of piperidine rings is 1. The van der Waals surface area contributed by atoms with Gasteiger partial charge in [0.05, 0.1) is 18.4 Å². The van der Waals surface area contributed by atoms with E-state index in [-0.39, 0.29) is 11.7 Å². The summed E-state index contributed by atoms with van der Waals surface area (Å²) < 4.78 is 12.2. The molecule has 2 aromatic rings. The summed E-state index contributed by atoms with van der Waals surface area (Å²) >= 11 is 1.84. The molecule has 1 spiro atoms. The molecule has 2 aromatic heterocycles. The number of nitrogens with zero attached hydrogens (tertiary/aromatic N) is 2. The smallest absolute Gasteiger partial charge is 0.138 e. The van der Waals surface area contributed by atoms with Crippen LogP contribution in [-0.4, -0.2) is 41.3 Å². The molecule has 2 aliphatic rings. The Balaban J connectivity index is 1.29. The molecule has 1 atom stereocenters. The lowest BCUT2D eigenvalue weighted by molar-refractivity contribution is -0.0453. The quantitative estimate of drug-likeness (QED) is 0.861. The van der Waals surface area contributed by atoms with Crippen LogP contribution in [0.4, 0.5) is 0 Å². The minimum atomic E-state index is 0.0266. The van der Waals surface area contributed by atoms with Crippen molar-refractivity contribution in [1.29, 1.82) is 0 Å². The van der Waals surface area contributed by atoms with Crippen molar-refractivity contribution >= 4 is 11.3 Å². The van der Waals surface area contributed by atoms with E-state index < -0.39 is 0 Å². The molecule has 0 amide bonds. The van der Waals surface area contributed by atoms with Gasteiger partial charge in [-0.1, -0.05) is 6.07 Å². The molecule has 122 valence electrons. The summed E-state index contributed by atoms with van der Waals surface area (Å²) in [7, 11) is 0. The summed E-state index contributed by atoms with van der Waals surface area (Å²) in [6, 6.07) is 8.22. The molecule has 2 saturated heterocycles. The summed E-state index contributed by atoms with van der Waals surface area (Å²) in [6.07, 6.45) is 6.89. The first-order chi connectivity index (χ1) is 11.3. The predicted octanol–water partition coefficient (Wildman–Crippen LogP) is 3.35. The monoisotopic (exact) mass is 330 g/mol. The number of hydrogen-bond acceptors (Lipinski definition) is 5. The van der Waals surface area contributed by atoms with Crippen molar-refractivity contribution < 1.29 is 9.47 Å². The maximum absolute atomic E-state index is 6.18. The van der Waals surface area contributed by atoms with Crippen molar-refractivity contribution in [3.05, 3.63) is 46.9 Å². The highest BCUT2D eigenvalue weighted by Crippen LogP contribution is 2.37. The summed E-state index contributed by atoms with van der Waals surface area (Å²) in [5.41, 5.74) is 0.0266. The molecule has 4 rings (SSSR count). The third kappa shape index (κ3) is 3.57. The van der Waals surface area contributed by atoms with Crippen LogP contribution in [0, 0.1) is 0 Å². The zero-order valence-corrected chi connectivity index (χ0v) is 14.0. The van der Waals surface area contributed by atoms with Crippen LogP contribution in [0.1, 0.15) is 24.1 Å². The lowest BCUT2D eigenvalue weighted by atomic mass is 9.88. The molecule has 23 heavy (non-hydrogen) atoms. The van der Waals surface area contributed by atoms with Crippen molar-refractivity contribution in [2.24, 2.45) is 0 Å². The van der Waals surface area contributed by atoms with Gasteiger partial charge in [-0.25, -0.2) is 0 Å². The third-order valence-electron chi connectivity index (χ3n) is 4.84. The lowest BCUT2D eigenvalue weighted by Crippen LogP contribution is -2.43. The highest BCUT2D eigenvalue weighted by Gasteiger charge is 2.43. The van der Waals surface area contributed by atoms with E-state index in [0.29, 0.717) is 6.61 Å². The molecule has 1 unspecified atom stereocenters. The minimum Gasteiger partial charge on any atom is -0.486 e. The van der Waals surface area contributed by atoms with Gasteiger partial charge in [0.2, 0.25) is 0 Å². The highest BCUT2D eigenvalue weighted by molar-refractivity contribution is 7.09. The highest BCUT2D eigenvalue weighted by atomic mass is 32.1. The van der Waals surface area contributed by atoms with Crippen LogP contribution in [0.2, 0.25) is 0 Å². The summed E-state index contributed by atoms with van der Waals surface area (Å²) in [5, 5.41) is 2.15. The normalized spacial score (nSPS) is 24.1. The van der Waals surface area contributed by atoms with Crippen molar-refractivity contribution in [1.82, 2.24) is 9.88 Å². The molecule has 0 N–H and O–H groups in total. The molecule has 2 fully saturated rings. The van der Waals surface area contributed by atoms with E-state index in [1.54, 1.807) is 12.4 Å². The maximum atomic E-state index is 6.18. The van der Waals surface area contributed by atoms with Crippen LogP contribution in [-0.2, 0) is 11.3 Å². The third-order valence-corrected chi connectivity index (χ3v) is 5.70.